The number of nitrogens with one attached hydrogen (secondary N) is 1. The molecule has 0 aromatic heterocycles. The van der Waals surface area contributed by atoms with Crippen LogP contribution in [0.3, 0.4) is 0 Å². The largest absolute Gasteiger partial charge is 0.354 e. The van der Waals surface area contributed by atoms with E-state index in [0.29, 0.717) is 26.2 Å². The van der Waals surface area contributed by atoms with Gasteiger partial charge in [-0.15, -0.1) is 12.4 Å². The van der Waals surface area contributed by atoms with Gasteiger partial charge < -0.3 is 11.1 Å². The molecule has 0 aliphatic rings. The van der Waals surface area contributed by atoms with E-state index in [0.717, 1.165) is 0 Å². The standard InChI is InChI=1S/C8H19N3O3S.ClH/c1-3-11(4-2)15(13,14)7-8(12)10-6-5-9;/h3-7,9H2,1-2H3,(H,10,12);1H. The molecule has 16 heavy (non-hydrogen) atoms. The Morgan fingerprint density at radius 3 is 2.19 bits per heavy atom. The molecule has 0 aliphatic carbocycles. The number of sulfonamides is 1. The van der Waals surface area contributed by atoms with Crippen LogP contribution >= 0.6 is 12.4 Å². The molecule has 98 valence electrons. The van der Waals surface area contributed by atoms with Gasteiger partial charge in [-0.2, -0.15) is 0 Å². The number of nitrogens with zero attached hydrogens (tertiary/aromatic N) is 1. The number of carbonyl (C=O) groups is 1. The molecule has 0 spiro atoms. The lowest BCUT2D eigenvalue weighted by Crippen LogP contribution is -2.40. The first kappa shape index (κ1) is 18.0. The highest BCUT2D eigenvalue weighted by Gasteiger charge is 2.22. The van der Waals surface area contributed by atoms with Gasteiger partial charge in [-0.25, -0.2) is 12.7 Å². The van der Waals surface area contributed by atoms with Crippen molar-refractivity contribution < 1.29 is 13.2 Å². The van der Waals surface area contributed by atoms with Crippen LogP contribution in [0.15, 0.2) is 0 Å². The highest BCUT2D eigenvalue weighted by molar-refractivity contribution is 7.89. The first-order chi connectivity index (χ1) is 6.97. The van der Waals surface area contributed by atoms with Crippen molar-refractivity contribution in [1.29, 1.82) is 0 Å². The molecule has 0 aromatic carbocycles. The summed E-state index contributed by atoms with van der Waals surface area (Å²) in [5.74, 6) is -1.01. The van der Waals surface area contributed by atoms with Gasteiger partial charge in [0.1, 0.15) is 5.75 Å². The molecule has 3 N–H and O–H groups in total. The molecule has 0 fully saturated rings. The molecule has 8 heteroatoms. The van der Waals surface area contributed by atoms with Crippen LogP contribution in [-0.2, 0) is 14.8 Å². The summed E-state index contributed by atoms with van der Waals surface area (Å²) in [4.78, 5) is 11.2. The van der Waals surface area contributed by atoms with Crippen LogP contribution in [0, 0.1) is 0 Å². The van der Waals surface area contributed by atoms with E-state index in [9.17, 15) is 13.2 Å². The first-order valence-corrected chi connectivity index (χ1v) is 6.53. The van der Waals surface area contributed by atoms with Crippen molar-refractivity contribution in [3.8, 4) is 0 Å². The molecule has 6 nitrogen and oxygen atoms in total. The van der Waals surface area contributed by atoms with Gasteiger partial charge in [-0.1, -0.05) is 13.8 Å². The molecule has 0 aliphatic heterocycles. The molecule has 1 amide bonds. The van der Waals surface area contributed by atoms with E-state index in [4.69, 9.17) is 5.73 Å². The third-order valence-corrected chi connectivity index (χ3v) is 3.81. The van der Waals surface area contributed by atoms with Crippen molar-refractivity contribution in [2.75, 3.05) is 31.9 Å². The molecule has 0 aromatic rings. The fourth-order valence-electron chi connectivity index (χ4n) is 1.14. The number of carbonyl (C=O) groups excluding carboxylic acids is 1. The lowest BCUT2D eigenvalue weighted by atomic mass is 10.6. The van der Waals surface area contributed by atoms with Crippen molar-refractivity contribution in [2.24, 2.45) is 5.73 Å². The van der Waals surface area contributed by atoms with Gasteiger partial charge in [-0.3, -0.25) is 4.79 Å². The fourth-order valence-corrected chi connectivity index (χ4v) is 2.54. The van der Waals surface area contributed by atoms with Crippen molar-refractivity contribution in [3.63, 3.8) is 0 Å². The van der Waals surface area contributed by atoms with E-state index in [1.807, 2.05) is 0 Å². The van der Waals surface area contributed by atoms with E-state index in [1.165, 1.54) is 4.31 Å². The molecular formula is C8H20ClN3O3S. The Kier molecular flexibility index (Phi) is 9.84. The Balaban J connectivity index is 0. The maximum Gasteiger partial charge on any atom is 0.236 e. The molecule has 0 radical (unpaired) electrons. The Morgan fingerprint density at radius 2 is 1.81 bits per heavy atom. The lowest BCUT2D eigenvalue weighted by molar-refractivity contribution is -0.118. The zero-order valence-electron chi connectivity index (χ0n) is 9.60. The topological polar surface area (TPSA) is 92.5 Å². The summed E-state index contributed by atoms with van der Waals surface area (Å²) in [5, 5.41) is 2.42. The molecule has 0 atom stereocenters. The third-order valence-electron chi connectivity index (χ3n) is 1.88. The Bertz CT molecular complexity index is 291. The van der Waals surface area contributed by atoms with Crippen LogP contribution in [0.1, 0.15) is 13.8 Å². The number of hydrogen-bond donors (Lipinski definition) is 2. The molecule has 0 heterocycles. The zero-order chi connectivity index (χ0) is 11.9. The molecule has 0 unspecified atom stereocenters. The quantitative estimate of drug-likeness (QED) is 0.632. The minimum absolute atomic E-state index is 0. The molecule has 0 bridgehead atoms. The monoisotopic (exact) mass is 273 g/mol. The lowest BCUT2D eigenvalue weighted by Gasteiger charge is -2.17. The molecule has 0 rings (SSSR count). The van der Waals surface area contributed by atoms with Crippen LogP contribution in [0.5, 0.6) is 0 Å². The summed E-state index contributed by atoms with van der Waals surface area (Å²) in [6, 6.07) is 0. The van der Waals surface area contributed by atoms with E-state index in [2.05, 4.69) is 5.32 Å². The predicted molar refractivity (Wildman–Crippen MR) is 66.0 cm³/mol. The van der Waals surface area contributed by atoms with Crippen LogP contribution < -0.4 is 11.1 Å². The number of nitrogens with two attached hydrogens (primary N) is 1. The second-order valence-corrected chi connectivity index (χ2v) is 4.95. The highest BCUT2D eigenvalue weighted by Crippen LogP contribution is 1.99. The average Bonchev–Trinajstić information content (AvgIpc) is 2.15. The van der Waals surface area contributed by atoms with E-state index < -0.39 is 21.7 Å². The normalized spacial score (nSPS) is 11.0. The minimum Gasteiger partial charge on any atom is -0.354 e. The number of rotatable bonds is 7. The fraction of sp³-hybridized carbons (Fsp3) is 0.875. The van der Waals surface area contributed by atoms with E-state index in [1.54, 1.807) is 13.8 Å². The number of amides is 1. The van der Waals surface area contributed by atoms with Crippen molar-refractivity contribution in [1.82, 2.24) is 9.62 Å². The van der Waals surface area contributed by atoms with Crippen molar-refractivity contribution in [3.05, 3.63) is 0 Å². The van der Waals surface area contributed by atoms with Crippen LogP contribution in [0.4, 0.5) is 0 Å². The first-order valence-electron chi connectivity index (χ1n) is 4.92. The van der Waals surface area contributed by atoms with E-state index >= 15 is 0 Å². The van der Waals surface area contributed by atoms with Crippen LogP contribution in [0.2, 0.25) is 0 Å². The van der Waals surface area contributed by atoms with Gasteiger partial charge in [0.05, 0.1) is 0 Å². The third kappa shape index (κ3) is 6.26. The summed E-state index contributed by atoms with van der Waals surface area (Å²) in [6.07, 6.45) is 0. The average molecular weight is 274 g/mol. The zero-order valence-corrected chi connectivity index (χ0v) is 11.2. The summed E-state index contributed by atoms with van der Waals surface area (Å²) >= 11 is 0. The van der Waals surface area contributed by atoms with E-state index in [-0.39, 0.29) is 12.4 Å². The van der Waals surface area contributed by atoms with Gasteiger partial charge in [-0.05, 0) is 0 Å². The maximum atomic E-state index is 11.6. The second kappa shape index (κ2) is 8.74. The number of halogens is 1. The Hall–Kier alpha value is -0.370. The summed E-state index contributed by atoms with van der Waals surface area (Å²) in [7, 11) is -3.47. The highest BCUT2D eigenvalue weighted by atomic mass is 35.5. The smallest absolute Gasteiger partial charge is 0.236 e. The minimum atomic E-state index is -3.47. The predicted octanol–water partition coefficient (Wildman–Crippen LogP) is -0.845. The van der Waals surface area contributed by atoms with Gasteiger partial charge in [0.15, 0.2) is 0 Å². The Labute approximate surface area is 103 Å². The maximum absolute atomic E-state index is 11.6. The second-order valence-electron chi connectivity index (χ2n) is 2.98. The molecular weight excluding hydrogens is 254 g/mol. The molecule has 0 saturated heterocycles. The van der Waals surface area contributed by atoms with Gasteiger partial charge >= 0.3 is 0 Å². The summed E-state index contributed by atoms with van der Waals surface area (Å²) in [6.45, 7) is 4.83. The summed E-state index contributed by atoms with van der Waals surface area (Å²) < 4.78 is 24.5. The van der Waals surface area contributed by atoms with Crippen molar-refractivity contribution in [2.45, 2.75) is 13.8 Å². The Morgan fingerprint density at radius 1 is 1.31 bits per heavy atom. The summed E-state index contributed by atoms with van der Waals surface area (Å²) in [5.41, 5.74) is 5.18. The van der Waals surface area contributed by atoms with Crippen molar-refractivity contribution >= 4 is 28.3 Å². The SMILES string of the molecule is CCN(CC)S(=O)(=O)CC(=O)NCCN.Cl. The number of hydrogen-bond acceptors (Lipinski definition) is 4. The van der Waals surface area contributed by atoms with Crippen LogP contribution in [0.25, 0.3) is 0 Å². The van der Waals surface area contributed by atoms with Gasteiger partial charge in [0, 0.05) is 26.2 Å². The van der Waals surface area contributed by atoms with Gasteiger partial charge in [0.2, 0.25) is 15.9 Å². The van der Waals surface area contributed by atoms with Gasteiger partial charge in [0.25, 0.3) is 0 Å². The molecule has 0 saturated carbocycles. The van der Waals surface area contributed by atoms with Crippen LogP contribution in [-0.4, -0.2) is 50.6 Å².